The third-order valence-electron chi connectivity index (χ3n) is 7.25. The molecule has 13 nitrogen and oxygen atoms in total. The highest BCUT2D eigenvalue weighted by Gasteiger charge is 2.48. The van der Waals surface area contributed by atoms with E-state index in [2.05, 4.69) is 35.9 Å². The number of amides is 3. The Kier molecular flexibility index (Phi) is 7.59. The number of ether oxygens (including phenoxy) is 2. The molecular weight excluding hydrogens is 516 g/mol. The first-order valence-corrected chi connectivity index (χ1v) is 12.9. The normalized spacial score (nSPS) is 25.2. The maximum atomic E-state index is 14.9. The summed E-state index contributed by atoms with van der Waals surface area (Å²) < 4.78 is 40.7. The van der Waals surface area contributed by atoms with Crippen molar-refractivity contribution in [2.75, 3.05) is 48.8 Å². The number of nitrogens with one attached hydrogen (secondary N) is 3. The number of carbonyl (C=O) groups excluding carboxylic acids is 2. The molecule has 3 N–H and O–H groups in total. The molecule has 0 unspecified atom stereocenters. The monoisotopic (exact) mass is 547 g/mol. The summed E-state index contributed by atoms with van der Waals surface area (Å²) >= 11 is 0. The average molecular weight is 548 g/mol. The molecule has 3 fully saturated rings. The number of rotatable bonds is 7. The molecule has 1 saturated carbocycles. The van der Waals surface area contributed by atoms with Gasteiger partial charge in [-0.25, -0.2) is 33.3 Å². The molecule has 2 saturated heterocycles. The Bertz CT molecular complexity index is 1190. The molecule has 0 spiro atoms. The Morgan fingerprint density at radius 3 is 2.74 bits per heavy atom. The summed E-state index contributed by atoms with van der Waals surface area (Å²) in [6.07, 6.45) is 4.56. The van der Waals surface area contributed by atoms with E-state index in [1.807, 2.05) is 0 Å². The molecule has 3 aliphatic rings. The maximum absolute atomic E-state index is 14.9. The Morgan fingerprint density at radius 1 is 1.21 bits per heavy atom. The van der Waals surface area contributed by atoms with Gasteiger partial charge in [0, 0.05) is 57.7 Å². The van der Waals surface area contributed by atoms with E-state index in [1.54, 1.807) is 11.8 Å². The van der Waals surface area contributed by atoms with Crippen molar-refractivity contribution < 1.29 is 27.8 Å². The van der Waals surface area contributed by atoms with Crippen LogP contribution in [0.5, 0.6) is 5.88 Å². The minimum Gasteiger partial charge on any atom is -0.477 e. The van der Waals surface area contributed by atoms with Gasteiger partial charge in [0.15, 0.2) is 5.82 Å². The van der Waals surface area contributed by atoms with E-state index in [1.165, 1.54) is 31.7 Å². The van der Waals surface area contributed by atoms with Gasteiger partial charge in [-0.1, -0.05) is 0 Å². The van der Waals surface area contributed by atoms with Crippen molar-refractivity contribution in [2.24, 2.45) is 5.92 Å². The van der Waals surface area contributed by atoms with Crippen LogP contribution in [0.25, 0.3) is 0 Å². The van der Waals surface area contributed by atoms with E-state index in [0.29, 0.717) is 18.6 Å². The predicted octanol–water partition coefficient (Wildman–Crippen LogP) is 2.34. The fourth-order valence-corrected chi connectivity index (χ4v) is 5.19. The number of nitrogens with zero attached hydrogens (tertiary/aromatic N) is 6. The first-order chi connectivity index (χ1) is 18.7. The van der Waals surface area contributed by atoms with Crippen molar-refractivity contribution in [1.29, 1.82) is 0 Å². The summed E-state index contributed by atoms with van der Waals surface area (Å²) in [7, 11) is 1.29. The van der Waals surface area contributed by atoms with Crippen LogP contribution in [0.3, 0.4) is 0 Å². The molecule has 39 heavy (non-hydrogen) atoms. The van der Waals surface area contributed by atoms with Gasteiger partial charge in [-0.05, 0) is 19.4 Å². The highest BCUT2D eigenvalue weighted by atomic mass is 19.3. The lowest BCUT2D eigenvalue weighted by Crippen LogP contribution is -2.60. The number of alkyl halides is 2. The minimum absolute atomic E-state index is 0.0324. The quantitative estimate of drug-likeness (QED) is 0.472. The standard InChI is InChI=1S/C24H31F2N9O4/c1-3-38-20-12-29-19(11-30-20)32-22(36)34(2)17-13-35(7-5-24(17,25)26)21-27-6-4-18(31-21)33-23(37)39-16-9-15-8-14(16)10-28-15/h4,6,11-12,14-17,28H,3,5,7-10,13H2,1-2H3,(H,29,32,36)(H,27,31,33,37)/t14-,15-,16+,17-/m0/s1. The Hall–Kier alpha value is -3.88. The molecule has 1 aliphatic carbocycles. The van der Waals surface area contributed by atoms with E-state index >= 15 is 0 Å². The van der Waals surface area contributed by atoms with Crippen molar-refractivity contribution in [3.05, 3.63) is 24.7 Å². The van der Waals surface area contributed by atoms with Gasteiger partial charge in [0.25, 0.3) is 5.92 Å². The molecule has 210 valence electrons. The lowest BCUT2D eigenvalue weighted by atomic mass is 10.00. The van der Waals surface area contributed by atoms with Crippen molar-refractivity contribution >= 4 is 29.7 Å². The Morgan fingerprint density at radius 2 is 2.05 bits per heavy atom. The van der Waals surface area contributed by atoms with Gasteiger partial charge < -0.3 is 24.6 Å². The summed E-state index contributed by atoms with van der Waals surface area (Å²) in [5, 5.41) is 8.46. The van der Waals surface area contributed by atoms with Crippen molar-refractivity contribution in [2.45, 2.75) is 50.3 Å². The van der Waals surface area contributed by atoms with Gasteiger partial charge in [0.1, 0.15) is 18.0 Å². The van der Waals surface area contributed by atoms with Crippen molar-refractivity contribution in [3.63, 3.8) is 0 Å². The molecule has 2 aromatic heterocycles. The van der Waals surface area contributed by atoms with E-state index < -0.39 is 30.5 Å². The number of carbonyl (C=O) groups is 2. The molecule has 2 aromatic rings. The SMILES string of the molecule is CCOc1cnc(NC(=O)N(C)[C@H]2CN(c3nccc(NC(=O)O[C@@H]4C[C@@H]5C[C@H]4CN5)n3)CCC2(F)F)cn1. The van der Waals surface area contributed by atoms with Crippen molar-refractivity contribution in [1.82, 2.24) is 30.2 Å². The number of hydrogen-bond acceptors (Lipinski definition) is 10. The molecule has 2 bridgehead atoms. The zero-order valence-electron chi connectivity index (χ0n) is 21.6. The third kappa shape index (κ3) is 6.08. The Labute approximate surface area is 223 Å². The van der Waals surface area contributed by atoms with Gasteiger partial charge in [-0.15, -0.1) is 0 Å². The van der Waals surface area contributed by atoms with Crippen LogP contribution < -0.4 is 25.6 Å². The first kappa shape index (κ1) is 26.7. The number of halogens is 2. The van der Waals surface area contributed by atoms with Crippen LogP contribution in [0.2, 0.25) is 0 Å². The molecule has 4 atom stereocenters. The van der Waals surface area contributed by atoms with E-state index in [0.717, 1.165) is 24.3 Å². The maximum Gasteiger partial charge on any atom is 0.413 e. The van der Waals surface area contributed by atoms with Crippen LogP contribution in [0.1, 0.15) is 26.2 Å². The topological polar surface area (TPSA) is 147 Å². The number of urea groups is 1. The number of hydrogen-bond donors (Lipinski definition) is 3. The van der Waals surface area contributed by atoms with Crippen LogP contribution in [0, 0.1) is 5.92 Å². The van der Waals surface area contributed by atoms with Crippen LogP contribution in [-0.2, 0) is 4.74 Å². The summed E-state index contributed by atoms with van der Waals surface area (Å²) in [5.74, 6) is -2.11. The second-order valence-corrected chi connectivity index (χ2v) is 9.83. The summed E-state index contributed by atoms with van der Waals surface area (Å²) in [6.45, 7) is 2.78. The molecule has 0 radical (unpaired) electrons. The summed E-state index contributed by atoms with van der Waals surface area (Å²) in [6, 6.07) is -0.355. The second-order valence-electron chi connectivity index (χ2n) is 9.83. The molecule has 4 heterocycles. The highest BCUT2D eigenvalue weighted by molar-refractivity contribution is 5.88. The van der Waals surface area contributed by atoms with Crippen LogP contribution >= 0.6 is 0 Å². The zero-order valence-corrected chi connectivity index (χ0v) is 21.6. The van der Waals surface area contributed by atoms with E-state index in [-0.39, 0.29) is 42.7 Å². The fourth-order valence-electron chi connectivity index (χ4n) is 5.19. The van der Waals surface area contributed by atoms with Crippen molar-refractivity contribution in [3.8, 4) is 5.88 Å². The summed E-state index contributed by atoms with van der Waals surface area (Å²) in [5.41, 5.74) is 0. The molecule has 5 rings (SSSR count). The van der Waals surface area contributed by atoms with Gasteiger partial charge in [0.05, 0.1) is 19.0 Å². The second kappa shape index (κ2) is 11.1. The van der Waals surface area contributed by atoms with Gasteiger partial charge >= 0.3 is 12.1 Å². The number of aromatic nitrogens is 4. The lowest BCUT2D eigenvalue weighted by molar-refractivity contribution is -0.0760. The van der Waals surface area contributed by atoms with E-state index in [9.17, 15) is 18.4 Å². The van der Waals surface area contributed by atoms with Crippen LogP contribution in [0.15, 0.2) is 24.7 Å². The predicted molar refractivity (Wildman–Crippen MR) is 136 cm³/mol. The van der Waals surface area contributed by atoms with Gasteiger partial charge in [-0.2, -0.15) is 4.98 Å². The Balaban J connectivity index is 1.21. The number of likely N-dealkylation sites (N-methyl/N-ethyl adjacent to an activating group) is 1. The average Bonchev–Trinajstić information content (AvgIpc) is 3.53. The van der Waals surface area contributed by atoms with Crippen LogP contribution in [-0.4, -0.2) is 94.4 Å². The number of fused-ring (bicyclic) bond motifs is 2. The molecule has 2 aliphatic heterocycles. The van der Waals surface area contributed by atoms with Gasteiger partial charge in [-0.3, -0.25) is 10.6 Å². The van der Waals surface area contributed by atoms with Gasteiger partial charge in [0.2, 0.25) is 11.8 Å². The largest absolute Gasteiger partial charge is 0.477 e. The third-order valence-corrected chi connectivity index (χ3v) is 7.25. The lowest BCUT2D eigenvalue weighted by Gasteiger charge is -2.42. The first-order valence-electron chi connectivity index (χ1n) is 12.9. The zero-order chi connectivity index (χ0) is 27.6. The highest BCUT2D eigenvalue weighted by Crippen LogP contribution is 2.34. The minimum atomic E-state index is -3.15. The smallest absolute Gasteiger partial charge is 0.413 e. The summed E-state index contributed by atoms with van der Waals surface area (Å²) in [4.78, 5) is 44.3. The number of piperidine rings is 2. The molecule has 0 aromatic carbocycles. The fraction of sp³-hybridized carbons (Fsp3) is 0.583. The molecular formula is C24H31F2N9O4. The number of anilines is 3. The molecule has 15 heteroatoms. The molecule has 3 amide bonds. The van der Waals surface area contributed by atoms with E-state index in [4.69, 9.17) is 9.47 Å². The van der Waals surface area contributed by atoms with Crippen LogP contribution in [0.4, 0.5) is 36.0 Å².